The molecule has 2 aliphatic heterocycles. The second-order valence-corrected chi connectivity index (χ2v) is 9.17. The Bertz CT molecular complexity index is 474. The molecule has 0 spiro atoms. The smallest absolute Gasteiger partial charge is 0.221 e. The van der Waals surface area contributed by atoms with Gasteiger partial charge < -0.3 is 0 Å². The highest BCUT2D eigenvalue weighted by Crippen LogP contribution is 2.39. The number of hydrogen-bond acceptors (Lipinski definition) is 4. The largest absolute Gasteiger partial charge is 0.226 e. The first-order chi connectivity index (χ1) is 9.07. The van der Waals surface area contributed by atoms with E-state index in [1.807, 2.05) is 11.5 Å². The fraction of sp³-hybridized carbons (Fsp3) is 0.833. The number of nitrogens with one attached hydrogen (secondary N) is 1. The van der Waals surface area contributed by atoms with Gasteiger partial charge in [-0.25, -0.2) is 13.3 Å². The molecule has 2 unspecified atom stereocenters. The van der Waals surface area contributed by atoms with Crippen molar-refractivity contribution in [1.82, 2.24) is 9.14 Å². The van der Waals surface area contributed by atoms with E-state index in [2.05, 4.69) is 4.84 Å². The van der Waals surface area contributed by atoms with Crippen molar-refractivity contribution < 1.29 is 8.42 Å². The van der Waals surface area contributed by atoms with Gasteiger partial charge in [-0.05, 0) is 30.0 Å². The van der Waals surface area contributed by atoms with E-state index in [9.17, 15) is 8.42 Å². The molecule has 1 aliphatic carbocycles. The average molecular weight is 323 g/mol. The van der Waals surface area contributed by atoms with E-state index < -0.39 is 10.0 Å². The zero-order valence-corrected chi connectivity index (χ0v) is 13.1. The zero-order valence-electron chi connectivity index (χ0n) is 10.7. The molecule has 2 atom stereocenters. The number of fused-ring (bicyclic) bond motifs is 1. The number of rotatable bonds is 3. The first-order valence-corrected chi connectivity index (χ1v) is 9.59. The minimum atomic E-state index is -3.19. The molecule has 7 heteroatoms. The summed E-state index contributed by atoms with van der Waals surface area (Å²) in [5.74, 6) is 0. The van der Waals surface area contributed by atoms with E-state index in [1.54, 1.807) is 16.1 Å². The summed E-state index contributed by atoms with van der Waals surface area (Å²) >= 11 is 7.57. The third kappa shape index (κ3) is 2.46. The van der Waals surface area contributed by atoms with Crippen LogP contribution in [0, 0.1) is 0 Å². The third-order valence-corrected chi connectivity index (χ3v) is 8.32. The van der Waals surface area contributed by atoms with Crippen LogP contribution in [0.5, 0.6) is 0 Å². The summed E-state index contributed by atoms with van der Waals surface area (Å²) in [7, 11) is -3.19. The summed E-state index contributed by atoms with van der Waals surface area (Å²) in [6.45, 7) is 1.13. The molecule has 1 N–H and O–H groups in total. The monoisotopic (exact) mass is 322 g/mol. The zero-order chi connectivity index (χ0) is 13.5. The Kier molecular flexibility index (Phi) is 3.90. The molecular weight excluding hydrogens is 304 g/mol. The van der Waals surface area contributed by atoms with Crippen LogP contribution in [0.2, 0.25) is 0 Å². The van der Waals surface area contributed by atoms with Crippen molar-refractivity contribution in [3.63, 3.8) is 0 Å². The van der Waals surface area contributed by atoms with Crippen LogP contribution in [-0.4, -0.2) is 41.9 Å². The van der Waals surface area contributed by atoms with Crippen LogP contribution in [0.15, 0.2) is 11.5 Å². The minimum absolute atomic E-state index is 0.168. The molecule has 19 heavy (non-hydrogen) atoms. The van der Waals surface area contributed by atoms with Crippen molar-refractivity contribution in [3.05, 3.63) is 11.5 Å². The molecule has 0 aromatic carbocycles. The van der Waals surface area contributed by atoms with E-state index in [-0.39, 0.29) is 16.0 Å². The summed E-state index contributed by atoms with van der Waals surface area (Å²) < 4.78 is 26.6. The van der Waals surface area contributed by atoms with Crippen molar-refractivity contribution in [2.75, 3.05) is 13.1 Å². The van der Waals surface area contributed by atoms with Gasteiger partial charge in [-0.3, -0.25) is 0 Å². The Morgan fingerprint density at radius 1 is 1.37 bits per heavy atom. The molecule has 0 aromatic heterocycles. The van der Waals surface area contributed by atoms with Crippen LogP contribution >= 0.6 is 23.5 Å². The van der Waals surface area contributed by atoms with E-state index in [1.165, 1.54) is 6.42 Å². The number of hydrogen-bond donors (Lipinski definition) is 1. The second kappa shape index (κ2) is 5.22. The summed E-state index contributed by atoms with van der Waals surface area (Å²) in [5, 5.41) is 1.76. The van der Waals surface area contributed by atoms with Gasteiger partial charge in [0, 0.05) is 23.9 Å². The highest BCUT2D eigenvalue weighted by molar-refractivity contribution is 8.04. The second-order valence-electron chi connectivity index (χ2n) is 5.74. The Hall–Kier alpha value is 0.250. The average Bonchev–Trinajstić information content (AvgIpc) is 2.95. The minimum Gasteiger partial charge on any atom is -0.226 e. The lowest BCUT2D eigenvalue weighted by Crippen LogP contribution is -2.52. The molecule has 0 radical (unpaired) electrons. The van der Waals surface area contributed by atoms with Crippen LogP contribution in [0.3, 0.4) is 0 Å². The maximum atomic E-state index is 12.5. The van der Waals surface area contributed by atoms with Crippen LogP contribution < -0.4 is 4.84 Å². The van der Waals surface area contributed by atoms with Gasteiger partial charge in [0.1, 0.15) is 5.25 Å². The van der Waals surface area contributed by atoms with Crippen molar-refractivity contribution >= 4 is 33.6 Å². The van der Waals surface area contributed by atoms with Crippen LogP contribution in [0.1, 0.15) is 32.1 Å². The number of halogens is 1. The van der Waals surface area contributed by atoms with E-state index in [4.69, 9.17) is 11.8 Å². The van der Waals surface area contributed by atoms with Gasteiger partial charge in [-0.2, -0.15) is 4.31 Å². The van der Waals surface area contributed by atoms with Crippen LogP contribution in [0.25, 0.3) is 0 Å². The Balaban J connectivity index is 1.78. The van der Waals surface area contributed by atoms with Gasteiger partial charge in [0.15, 0.2) is 0 Å². The van der Waals surface area contributed by atoms with Crippen LogP contribution in [-0.2, 0) is 10.0 Å². The van der Waals surface area contributed by atoms with Gasteiger partial charge in [0.2, 0.25) is 10.0 Å². The number of thioether (sulfide) groups is 1. The fourth-order valence-corrected chi connectivity index (χ4v) is 7.26. The lowest BCUT2D eigenvalue weighted by Gasteiger charge is -2.38. The topological polar surface area (TPSA) is 49.4 Å². The van der Waals surface area contributed by atoms with Gasteiger partial charge in [-0.15, -0.1) is 11.8 Å². The maximum absolute atomic E-state index is 12.5. The standard InChI is InChI=1S/C12H19ClN2O2S2/c13-14-12(5-2-1-3-6-12)9-15-8-10-11(4-7-18-10)19(15,16)17/h4,7,10-11,14H,1-3,5-6,8-9H2. The van der Waals surface area contributed by atoms with Crippen molar-refractivity contribution in [3.8, 4) is 0 Å². The predicted octanol–water partition coefficient (Wildman–Crippen LogP) is 2.08. The molecule has 3 rings (SSSR count). The predicted molar refractivity (Wildman–Crippen MR) is 79.6 cm³/mol. The third-order valence-electron chi connectivity index (χ3n) is 4.47. The molecule has 3 aliphatic rings. The van der Waals surface area contributed by atoms with Gasteiger partial charge in [-0.1, -0.05) is 25.3 Å². The van der Waals surface area contributed by atoms with Crippen molar-refractivity contribution in [1.29, 1.82) is 0 Å². The highest BCUT2D eigenvalue weighted by Gasteiger charge is 2.49. The molecule has 2 fully saturated rings. The van der Waals surface area contributed by atoms with Gasteiger partial charge in [0.25, 0.3) is 0 Å². The fourth-order valence-electron chi connectivity index (χ4n) is 3.34. The first kappa shape index (κ1) is 14.2. The van der Waals surface area contributed by atoms with Gasteiger partial charge in [0.05, 0.1) is 0 Å². The number of nitrogens with zero attached hydrogens (tertiary/aromatic N) is 1. The van der Waals surface area contributed by atoms with E-state index in [0.29, 0.717) is 13.1 Å². The molecule has 2 heterocycles. The summed E-state index contributed by atoms with van der Waals surface area (Å²) in [4.78, 5) is 2.89. The molecule has 0 aromatic rings. The lowest BCUT2D eigenvalue weighted by molar-refractivity contribution is 0.222. The van der Waals surface area contributed by atoms with Gasteiger partial charge >= 0.3 is 0 Å². The van der Waals surface area contributed by atoms with Crippen molar-refractivity contribution in [2.45, 2.75) is 48.1 Å². The van der Waals surface area contributed by atoms with Crippen molar-refractivity contribution in [2.24, 2.45) is 0 Å². The Morgan fingerprint density at radius 2 is 2.11 bits per heavy atom. The summed E-state index contributed by atoms with van der Waals surface area (Å²) in [5.41, 5.74) is -0.236. The normalized spacial score (nSPS) is 36.5. The van der Waals surface area contributed by atoms with Crippen LogP contribution in [0.4, 0.5) is 0 Å². The summed E-state index contributed by atoms with van der Waals surface area (Å²) in [6.07, 6.45) is 7.20. The molecular formula is C12H19ClN2O2S2. The molecule has 0 amide bonds. The summed E-state index contributed by atoms with van der Waals surface area (Å²) in [6, 6.07) is 0. The highest BCUT2D eigenvalue weighted by atomic mass is 35.5. The molecule has 4 nitrogen and oxygen atoms in total. The van der Waals surface area contributed by atoms with E-state index in [0.717, 1.165) is 25.7 Å². The molecule has 0 bridgehead atoms. The Labute approximate surface area is 124 Å². The van der Waals surface area contributed by atoms with E-state index >= 15 is 0 Å². The SMILES string of the molecule is O=S1(=O)C2C=CSC2CN1CC1(NCl)CCCCC1. The quantitative estimate of drug-likeness (QED) is 0.808. The molecule has 1 saturated heterocycles. The molecule has 108 valence electrons. The maximum Gasteiger partial charge on any atom is 0.221 e. The Morgan fingerprint density at radius 3 is 2.74 bits per heavy atom. The number of sulfonamides is 1. The lowest BCUT2D eigenvalue weighted by atomic mass is 9.82. The first-order valence-electron chi connectivity index (χ1n) is 6.76. The molecule has 1 saturated carbocycles.